The van der Waals surface area contributed by atoms with Crippen LogP contribution in [0.5, 0.6) is 0 Å². The molecule has 3 aromatic carbocycles. The van der Waals surface area contributed by atoms with Crippen molar-refractivity contribution in [1.82, 2.24) is 10.2 Å². The van der Waals surface area contributed by atoms with Crippen LogP contribution in [-0.2, 0) is 26.2 Å². The van der Waals surface area contributed by atoms with Crippen LogP contribution < -0.4 is 9.62 Å². The van der Waals surface area contributed by atoms with Crippen LogP contribution in [0.2, 0.25) is 5.02 Å². The Balaban J connectivity index is 2.03. The molecule has 3 aromatic rings. The molecule has 0 heterocycles. The van der Waals surface area contributed by atoms with Crippen molar-refractivity contribution in [3.63, 3.8) is 0 Å². The summed E-state index contributed by atoms with van der Waals surface area (Å²) in [5.41, 5.74) is 1.72. The topological polar surface area (TPSA) is 86.8 Å². The Morgan fingerprint density at radius 2 is 1.55 bits per heavy atom. The molecule has 40 heavy (non-hydrogen) atoms. The number of rotatable bonds is 12. The zero-order valence-corrected chi connectivity index (χ0v) is 24.7. The summed E-state index contributed by atoms with van der Waals surface area (Å²) in [6, 6.07) is 17.2. The number of carbonyl (C=O) groups excluding carboxylic acids is 2. The standard InChI is InChI=1S/C30H35ClFN3O4S/c1-5-28(30(37)33-18-21(2)3)34(19-23-8-10-24(31)11-9-23)29(36)20-35(26-14-12-25(32)13-15-26)40(38,39)27-16-6-22(4)7-17-27/h6-17,21,28H,5,18-20H2,1-4H3,(H,33,37)/t28-/m0/s1. The van der Waals surface area contributed by atoms with E-state index in [1.54, 1.807) is 43.3 Å². The third-order valence-corrected chi connectivity index (χ3v) is 8.38. The molecule has 0 bridgehead atoms. The van der Waals surface area contributed by atoms with Gasteiger partial charge in [-0.25, -0.2) is 12.8 Å². The zero-order valence-electron chi connectivity index (χ0n) is 23.1. The molecule has 0 aromatic heterocycles. The second kappa shape index (κ2) is 13.8. The summed E-state index contributed by atoms with van der Waals surface area (Å²) < 4.78 is 42.3. The van der Waals surface area contributed by atoms with Crippen LogP contribution in [0.25, 0.3) is 0 Å². The minimum atomic E-state index is -4.22. The van der Waals surface area contributed by atoms with Crippen LogP contribution in [0.3, 0.4) is 0 Å². The van der Waals surface area contributed by atoms with Gasteiger partial charge in [-0.3, -0.25) is 13.9 Å². The van der Waals surface area contributed by atoms with E-state index in [0.29, 0.717) is 18.0 Å². The van der Waals surface area contributed by atoms with E-state index in [1.165, 1.54) is 29.2 Å². The molecule has 1 N–H and O–H groups in total. The van der Waals surface area contributed by atoms with Gasteiger partial charge in [-0.1, -0.05) is 62.2 Å². The number of halogens is 2. The number of carbonyl (C=O) groups is 2. The number of sulfonamides is 1. The van der Waals surface area contributed by atoms with Gasteiger partial charge in [-0.2, -0.15) is 0 Å². The summed E-state index contributed by atoms with van der Waals surface area (Å²) in [7, 11) is -4.22. The van der Waals surface area contributed by atoms with E-state index in [2.05, 4.69) is 5.32 Å². The largest absolute Gasteiger partial charge is 0.354 e. The van der Waals surface area contributed by atoms with Crippen molar-refractivity contribution >= 4 is 39.1 Å². The smallest absolute Gasteiger partial charge is 0.264 e. The molecule has 0 spiro atoms. The number of nitrogens with zero attached hydrogens (tertiary/aromatic N) is 2. The highest BCUT2D eigenvalue weighted by Crippen LogP contribution is 2.25. The Kier molecular flexibility index (Phi) is 10.7. The first kappa shape index (κ1) is 31.1. The average molecular weight is 588 g/mol. The second-order valence-electron chi connectivity index (χ2n) is 10.0. The predicted molar refractivity (Wildman–Crippen MR) is 156 cm³/mol. The Bertz CT molecular complexity index is 1400. The number of amides is 2. The summed E-state index contributed by atoms with van der Waals surface area (Å²) in [5.74, 6) is -1.25. The predicted octanol–water partition coefficient (Wildman–Crippen LogP) is 5.56. The lowest BCUT2D eigenvalue weighted by Crippen LogP contribution is -2.52. The van der Waals surface area contributed by atoms with Gasteiger partial charge in [0.2, 0.25) is 11.8 Å². The number of hydrogen-bond donors (Lipinski definition) is 1. The molecule has 214 valence electrons. The van der Waals surface area contributed by atoms with E-state index < -0.39 is 34.3 Å². The summed E-state index contributed by atoms with van der Waals surface area (Å²) >= 11 is 6.04. The molecule has 10 heteroatoms. The maximum Gasteiger partial charge on any atom is 0.264 e. The molecule has 0 aliphatic carbocycles. The highest BCUT2D eigenvalue weighted by Gasteiger charge is 2.33. The van der Waals surface area contributed by atoms with Crippen LogP contribution in [0, 0.1) is 18.7 Å². The molecule has 2 amide bonds. The molecule has 0 saturated carbocycles. The lowest BCUT2D eigenvalue weighted by Gasteiger charge is -2.33. The van der Waals surface area contributed by atoms with E-state index in [9.17, 15) is 22.4 Å². The molecular formula is C30H35ClFN3O4S. The first-order valence-corrected chi connectivity index (χ1v) is 14.9. The molecule has 0 fully saturated rings. The lowest BCUT2D eigenvalue weighted by molar-refractivity contribution is -0.140. The lowest BCUT2D eigenvalue weighted by atomic mass is 10.1. The molecule has 3 rings (SSSR count). The number of aryl methyl sites for hydroxylation is 1. The Labute approximate surface area is 241 Å². The molecular weight excluding hydrogens is 553 g/mol. The van der Waals surface area contributed by atoms with E-state index in [0.717, 1.165) is 27.6 Å². The van der Waals surface area contributed by atoms with Crippen molar-refractivity contribution in [2.75, 3.05) is 17.4 Å². The maximum absolute atomic E-state index is 14.0. The molecule has 1 atom stereocenters. The van der Waals surface area contributed by atoms with E-state index in [-0.39, 0.29) is 29.0 Å². The van der Waals surface area contributed by atoms with Crippen LogP contribution in [-0.4, -0.2) is 44.3 Å². The second-order valence-corrected chi connectivity index (χ2v) is 12.3. The number of benzene rings is 3. The van der Waals surface area contributed by atoms with Crippen LogP contribution in [0.4, 0.5) is 10.1 Å². The van der Waals surface area contributed by atoms with Gasteiger partial charge in [0.1, 0.15) is 18.4 Å². The fourth-order valence-electron chi connectivity index (χ4n) is 4.10. The van der Waals surface area contributed by atoms with E-state index in [1.807, 2.05) is 20.8 Å². The molecule has 0 unspecified atom stereocenters. The summed E-state index contributed by atoms with van der Waals surface area (Å²) in [6.45, 7) is 7.46. The third-order valence-electron chi connectivity index (χ3n) is 6.34. The Hall–Kier alpha value is -3.43. The van der Waals surface area contributed by atoms with Gasteiger partial charge in [-0.05, 0) is 73.4 Å². The zero-order chi connectivity index (χ0) is 29.4. The SMILES string of the molecule is CC[C@@H](C(=O)NCC(C)C)N(Cc1ccc(Cl)cc1)C(=O)CN(c1ccc(F)cc1)S(=O)(=O)c1ccc(C)cc1. The summed E-state index contributed by atoms with van der Waals surface area (Å²) in [6.07, 6.45) is 0.310. The van der Waals surface area contributed by atoms with Crippen molar-refractivity contribution in [1.29, 1.82) is 0 Å². The van der Waals surface area contributed by atoms with Crippen LogP contribution >= 0.6 is 11.6 Å². The molecule has 0 saturated heterocycles. The van der Waals surface area contributed by atoms with Gasteiger partial charge in [0.05, 0.1) is 10.6 Å². The molecule has 7 nitrogen and oxygen atoms in total. The van der Waals surface area contributed by atoms with Crippen molar-refractivity contribution in [2.45, 2.75) is 51.6 Å². The van der Waals surface area contributed by atoms with Gasteiger partial charge >= 0.3 is 0 Å². The van der Waals surface area contributed by atoms with Gasteiger partial charge in [0.15, 0.2) is 0 Å². The first-order valence-electron chi connectivity index (χ1n) is 13.1. The van der Waals surface area contributed by atoms with Gasteiger partial charge < -0.3 is 10.2 Å². The number of hydrogen-bond acceptors (Lipinski definition) is 4. The van der Waals surface area contributed by atoms with E-state index >= 15 is 0 Å². The monoisotopic (exact) mass is 587 g/mol. The normalized spacial score (nSPS) is 12.2. The fourth-order valence-corrected chi connectivity index (χ4v) is 5.64. The van der Waals surface area contributed by atoms with Crippen molar-refractivity contribution in [2.24, 2.45) is 5.92 Å². The minimum absolute atomic E-state index is 0.0128. The van der Waals surface area contributed by atoms with Gasteiger partial charge in [-0.15, -0.1) is 0 Å². The Morgan fingerprint density at radius 1 is 0.950 bits per heavy atom. The Morgan fingerprint density at radius 3 is 2.10 bits per heavy atom. The third kappa shape index (κ3) is 8.05. The van der Waals surface area contributed by atoms with Crippen molar-refractivity contribution < 1.29 is 22.4 Å². The summed E-state index contributed by atoms with van der Waals surface area (Å²) in [4.78, 5) is 28.6. The first-order chi connectivity index (χ1) is 18.9. The van der Waals surface area contributed by atoms with Crippen molar-refractivity contribution in [3.8, 4) is 0 Å². The molecule has 0 aliphatic heterocycles. The van der Waals surface area contributed by atoms with Crippen molar-refractivity contribution in [3.05, 3.63) is 94.8 Å². The average Bonchev–Trinajstić information content (AvgIpc) is 2.92. The van der Waals surface area contributed by atoms with Crippen LogP contribution in [0.15, 0.2) is 77.7 Å². The number of anilines is 1. The molecule has 0 radical (unpaired) electrons. The minimum Gasteiger partial charge on any atom is -0.354 e. The quantitative estimate of drug-likeness (QED) is 0.300. The summed E-state index contributed by atoms with van der Waals surface area (Å²) in [5, 5.41) is 3.41. The van der Waals surface area contributed by atoms with Gasteiger partial charge in [0, 0.05) is 18.1 Å². The fraction of sp³-hybridized carbons (Fsp3) is 0.333. The van der Waals surface area contributed by atoms with Crippen LogP contribution in [0.1, 0.15) is 38.3 Å². The van der Waals surface area contributed by atoms with Gasteiger partial charge in [0.25, 0.3) is 10.0 Å². The number of nitrogens with one attached hydrogen (secondary N) is 1. The van der Waals surface area contributed by atoms with E-state index in [4.69, 9.17) is 11.6 Å². The maximum atomic E-state index is 14.0. The molecule has 0 aliphatic rings. The highest BCUT2D eigenvalue weighted by molar-refractivity contribution is 7.92. The highest BCUT2D eigenvalue weighted by atomic mass is 35.5.